The number of aromatic nitrogens is 2. The van der Waals surface area contributed by atoms with E-state index < -0.39 is 0 Å². The molecular formula is C25H23ClN2O2. The van der Waals surface area contributed by atoms with Gasteiger partial charge in [-0.1, -0.05) is 41.9 Å². The zero-order valence-corrected chi connectivity index (χ0v) is 17.5. The van der Waals surface area contributed by atoms with Crippen molar-refractivity contribution in [2.75, 3.05) is 13.7 Å². The summed E-state index contributed by atoms with van der Waals surface area (Å²) in [5.41, 5.74) is 3.20. The van der Waals surface area contributed by atoms with Gasteiger partial charge in [0.2, 0.25) is 0 Å². The van der Waals surface area contributed by atoms with Crippen LogP contribution >= 0.6 is 11.6 Å². The number of methoxy groups -OCH3 is 1. The summed E-state index contributed by atoms with van der Waals surface area (Å²) < 4.78 is 13.3. The molecule has 0 aliphatic heterocycles. The van der Waals surface area contributed by atoms with E-state index in [1.807, 2.05) is 72.8 Å². The Kier molecular flexibility index (Phi) is 6.35. The number of halogens is 1. The second-order valence-electron chi connectivity index (χ2n) is 6.87. The molecular weight excluding hydrogens is 396 g/mol. The van der Waals surface area contributed by atoms with Crippen LogP contribution in [0.25, 0.3) is 23.2 Å². The van der Waals surface area contributed by atoms with E-state index in [9.17, 15) is 0 Å². The van der Waals surface area contributed by atoms with Crippen molar-refractivity contribution in [1.82, 2.24) is 9.55 Å². The fourth-order valence-corrected chi connectivity index (χ4v) is 3.41. The monoisotopic (exact) mass is 418 g/mol. The molecule has 0 radical (unpaired) electrons. The SMILES string of the molecule is COc1ccc(OCCCn2c(/C=C/c3ccc(Cl)cc3)nc3ccccc32)cc1. The average Bonchev–Trinajstić information content (AvgIpc) is 3.14. The van der Waals surface area contributed by atoms with Crippen molar-refractivity contribution in [3.63, 3.8) is 0 Å². The van der Waals surface area contributed by atoms with Crippen LogP contribution < -0.4 is 9.47 Å². The van der Waals surface area contributed by atoms with Crippen molar-refractivity contribution < 1.29 is 9.47 Å². The van der Waals surface area contributed by atoms with E-state index in [-0.39, 0.29) is 0 Å². The molecule has 0 N–H and O–H groups in total. The molecule has 3 aromatic carbocycles. The number of rotatable bonds is 8. The van der Waals surface area contributed by atoms with E-state index in [2.05, 4.69) is 16.7 Å². The van der Waals surface area contributed by atoms with E-state index in [1.165, 1.54) is 0 Å². The molecule has 0 atom stereocenters. The summed E-state index contributed by atoms with van der Waals surface area (Å²) >= 11 is 5.98. The maximum atomic E-state index is 5.98. The fraction of sp³-hybridized carbons (Fsp3) is 0.160. The van der Waals surface area contributed by atoms with Crippen LogP contribution in [-0.4, -0.2) is 23.3 Å². The lowest BCUT2D eigenvalue weighted by Crippen LogP contribution is -2.06. The molecule has 1 aromatic heterocycles. The minimum Gasteiger partial charge on any atom is -0.497 e. The molecule has 0 aliphatic rings. The third-order valence-electron chi connectivity index (χ3n) is 4.83. The molecule has 5 heteroatoms. The highest BCUT2D eigenvalue weighted by Crippen LogP contribution is 2.20. The molecule has 0 spiro atoms. The van der Waals surface area contributed by atoms with Crippen LogP contribution in [0.1, 0.15) is 17.8 Å². The van der Waals surface area contributed by atoms with Crippen molar-refractivity contribution in [3.8, 4) is 11.5 Å². The predicted octanol–water partition coefficient (Wildman–Crippen LogP) is 6.34. The van der Waals surface area contributed by atoms with Crippen molar-refractivity contribution in [1.29, 1.82) is 0 Å². The van der Waals surface area contributed by atoms with Crippen LogP contribution in [0.4, 0.5) is 0 Å². The Hall–Kier alpha value is -3.24. The smallest absolute Gasteiger partial charge is 0.133 e. The Bertz CT molecular complexity index is 1130. The lowest BCUT2D eigenvalue weighted by molar-refractivity contribution is 0.301. The van der Waals surface area contributed by atoms with Gasteiger partial charge in [0, 0.05) is 11.6 Å². The Balaban J connectivity index is 1.46. The van der Waals surface area contributed by atoms with E-state index in [0.717, 1.165) is 51.9 Å². The molecule has 0 aliphatic carbocycles. The molecule has 4 rings (SSSR count). The van der Waals surface area contributed by atoms with Crippen molar-refractivity contribution in [2.24, 2.45) is 0 Å². The van der Waals surface area contributed by atoms with Crippen LogP contribution in [0.15, 0.2) is 72.8 Å². The normalized spacial score (nSPS) is 11.3. The Morgan fingerprint density at radius 1 is 0.900 bits per heavy atom. The summed E-state index contributed by atoms with van der Waals surface area (Å²) in [5, 5.41) is 0.733. The first-order valence-corrected chi connectivity index (χ1v) is 10.3. The van der Waals surface area contributed by atoms with E-state index in [4.69, 9.17) is 26.1 Å². The Morgan fingerprint density at radius 2 is 1.63 bits per heavy atom. The first-order chi connectivity index (χ1) is 14.7. The average molecular weight is 419 g/mol. The molecule has 0 saturated carbocycles. The highest BCUT2D eigenvalue weighted by Gasteiger charge is 2.08. The molecule has 0 fully saturated rings. The predicted molar refractivity (Wildman–Crippen MR) is 123 cm³/mol. The lowest BCUT2D eigenvalue weighted by Gasteiger charge is -2.09. The fourth-order valence-electron chi connectivity index (χ4n) is 3.29. The highest BCUT2D eigenvalue weighted by molar-refractivity contribution is 6.30. The van der Waals surface area contributed by atoms with Crippen LogP contribution in [0.5, 0.6) is 11.5 Å². The van der Waals surface area contributed by atoms with Gasteiger partial charge in [-0.2, -0.15) is 0 Å². The minimum absolute atomic E-state index is 0.624. The third-order valence-corrected chi connectivity index (χ3v) is 5.09. The van der Waals surface area contributed by atoms with Crippen LogP contribution in [0.2, 0.25) is 5.02 Å². The van der Waals surface area contributed by atoms with Crippen molar-refractivity contribution in [3.05, 3.63) is 89.2 Å². The van der Waals surface area contributed by atoms with E-state index >= 15 is 0 Å². The van der Waals surface area contributed by atoms with Gasteiger partial charge in [0.25, 0.3) is 0 Å². The number of aryl methyl sites for hydroxylation is 1. The van der Waals surface area contributed by atoms with E-state index in [1.54, 1.807) is 7.11 Å². The lowest BCUT2D eigenvalue weighted by atomic mass is 10.2. The van der Waals surface area contributed by atoms with Gasteiger partial charge in [0.15, 0.2) is 0 Å². The van der Waals surface area contributed by atoms with Crippen molar-refractivity contribution >= 4 is 34.8 Å². The molecule has 30 heavy (non-hydrogen) atoms. The van der Waals surface area contributed by atoms with E-state index in [0.29, 0.717) is 6.61 Å². The molecule has 4 nitrogen and oxygen atoms in total. The molecule has 0 bridgehead atoms. The van der Waals surface area contributed by atoms with Gasteiger partial charge in [0.1, 0.15) is 17.3 Å². The summed E-state index contributed by atoms with van der Waals surface area (Å²) in [6.45, 7) is 1.44. The molecule has 152 valence electrons. The maximum absolute atomic E-state index is 5.98. The third kappa shape index (κ3) is 4.84. The zero-order valence-electron chi connectivity index (χ0n) is 16.8. The second-order valence-corrected chi connectivity index (χ2v) is 7.31. The second kappa shape index (κ2) is 9.51. The van der Waals surface area contributed by atoms with Gasteiger partial charge in [-0.05, 0) is 66.6 Å². The number of imidazole rings is 1. The molecule has 0 unspecified atom stereocenters. The van der Waals surface area contributed by atoms with Gasteiger partial charge in [0.05, 0.1) is 24.8 Å². The number of hydrogen-bond acceptors (Lipinski definition) is 3. The molecule has 4 aromatic rings. The Labute approximate surface area is 181 Å². The summed E-state index contributed by atoms with van der Waals surface area (Å²) in [6.07, 6.45) is 4.98. The summed E-state index contributed by atoms with van der Waals surface area (Å²) in [5.74, 6) is 2.59. The molecule has 0 amide bonds. The number of benzene rings is 3. The first kappa shape index (κ1) is 20.0. The van der Waals surface area contributed by atoms with Gasteiger partial charge in [-0.15, -0.1) is 0 Å². The molecule has 0 saturated heterocycles. The maximum Gasteiger partial charge on any atom is 0.133 e. The summed E-state index contributed by atoms with van der Waals surface area (Å²) in [7, 11) is 1.66. The zero-order chi connectivity index (χ0) is 20.8. The summed E-state index contributed by atoms with van der Waals surface area (Å²) in [4.78, 5) is 4.80. The van der Waals surface area contributed by atoms with Crippen LogP contribution in [0.3, 0.4) is 0 Å². The first-order valence-electron chi connectivity index (χ1n) is 9.89. The number of para-hydroxylation sites is 2. The number of hydrogen-bond donors (Lipinski definition) is 0. The number of ether oxygens (including phenoxy) is 2. The largest absolute Gasteiger partial charge is 0.497 e. The standard InChI is InChI=1S/C25H23ClN2O2/c1-29-21-12-14-22(15-13-21)30-18-4-17-28-24-6-3-2-5-23(24)27-25(28)16-9-19-7-10-20(26)11-8-19/h2-3,5-16H,4,17-18H2,1H3/b16-9+. The van der Waals surface area contributed by atoms with Gasteiger partial charge in [-0.25, -0.2) is 4.98 Å². The van der Waals surface area contributed by atoms with Crippen molar-refractivity contribution in [2.45, 2.75) is 13.0 Å². The topological polar surface area (TPSA) is 36.3 Å². The quantitative estimate of drug-likeness (QED) is 0.313. The highest BCUT2D eigenvalue weighted by atomic mass is 35.5. The minimum atomic E-state index is 0.624. The number of nitrogens with zero attached hydrogens (tertiary/aromatic N) is 2. The van der Waals surface area contributed by atoms with Gasteiger partial charge < -0.3 is 14.0 Å². The molecule has 1 heterocycles. The van der Waals surface area contributed by atoms with Gasteiger partial charge in [-0.3, -0.25) is 0 Å². The number of fused-ring (bicyclic) bond motifs is 1. The van der Waals surface area contributed by atoms with Crippen LogP contribution in [-0.2, 0) is 6.54 Å². The van der Waals surface area contributed by atoms with Gasteiger partial charge >= 0.3 is 0 Å². The summed E-state index contributed by atoms with van der Waals surface area (Å²) in [6, 6.07) is 23.6. The van der Waals surface area contributed by atoms with Crippen LogP contribution in [0, 0.1) is 0 Å². The Morgan fingerprint density at radius 3 is 2.40 bits per heavy atom.